The molecule has 0 radical (unpaired) electrons. The Kier molecular flexibility index (Phi) is 4.49. The highest BCUT2D eigenvalue weighted by molar-refractivity contribution is 7.00. The van der Waals surface area contributed by atoms with Crippen molar-refractivity contribution in [1.82, 2.24) is 23.6 Å². The molecule has 0 saturated carbocycles. The second-order valence-electron chi connectivity index (χ2n) is 5.63. The largest absolute Gasteiger partial charge is 0.378 e. The SMILES string of the molecule is O=C(c1cncc(NCc2ccc3nsnc3c2)n1)N1CCOCC1. The Morgan fingerprint density at radius 3 is 2.92 bits per heavy atom. The monoisotopic (exact) mass is 356 g/mol. The van der Waals surface area contributed by atoms with Crippen molar-refractivity contribution in [3.05, 3.63) is 41.9 Å². The lowest BCUT2D eigenvalue weighted by Gasteiger charge is -2.26. The number of hydrogen-bond donors (Lipinski definition) is 1. The smallest absolute Gasteiger partial charge is 0.274 e. The number of anilines is 1. The molecule has 1 aliphatic rings. The highest BCUT2D eigenvalue weighted by atomic mass is 32.1. The summed E-state index contributed by atoms with van der Waals surface area (Å²) in [4.78, 5) is 22.7. The number of ether oxygens (including phenoxy) is 1. The normalized spacial score (nSPS) is 14.6. The summed E-state index contributed by atoms with van der Waals surface area (Å²) in [6.45, 7) is 2.85. The molecule has 3 aromatic rings. The van der Waals surface area contributed by atoms with Crippen molar-refractivity contribution < 1.29 is 9.53 Å². The summed E-state index contributed by atoms with van der Waals surface area (Å²) in [5.41, 5.74) is 3.18. The Labute approximate surface area is 148 Å². The van der Waals surface area contributed by atoms with Gasteiger partial charge in [0.15, 0.2) is 0 Å². The van der Waals surface area contributed by atoms with E-state index in [-0.39, 0.29) is 5.91 Å². The maximum atomic E-state index is 12.5. The van der Waals surface area contributed by atoms with Crippen LogP contribution in [0, 0.1) is 0 Å². The summed E-state index contributed by atoms with van der Waals surface area (Å²) in [6.07, 6.45) is 3.11. The minimum absolute atomic E-state index is 0.116. The lowest BCUT2D eigenvalue weighted by molar-refractivity contribution is 0.0299. The van der Waals surface area contributed by atoms with Crippen molar-refractivity contribution in [3.63, 3.8) is 0 Å². The molecule has 4 rings (SSSR count). The quantitative estimate of drug-likeness (QED) is 0.758. The first-order chi connectivity index (χ1) is 12.3. The number of benzene rings is 1. The van der Waals surface area contributed by atoms with Crippen molar-refractivity contribution in [3.8, 4) is 0 Å². The molecule has 3 heterocycles. The number of carbonyl (C=O) groups is 1. The van der Waals surface area contributed by atoms with Crippen molar-refractivity contribution in [1.29, 1.82) is 0 Å². The van der Waals surface area contributed by atoms with Crippen LogP contribution in [0.15, 0.2) is 30.6 Å². The van der Waals surface area contributed by atoms with Crippen molar-refractivity contribution in [2.45, 2.75) is 6.54 Å². The number of hydrogen-bond acceptors (Lipinski definition) is 8. The first kappa shape index (κ1) is 15.9. The molecule has 0 spiro atoms. The van der Waals surface area contributed by atoms with Gasteiger partial charge in [-0.15, -0.1) is 0 Å². The van der Waals surface area contributed by atoms with E-state index in [2.05, 4.69) is 24.0 Å². The molecule has 0 bridgehead atoms. The third kappa shape index (κ3) is 3.57. The van der Waals surface area contributed by atoms with Gasteiger partial charge in [0, 0.05) is 19.6 Å². The van der Waals surface area contributed by atoms with Crippen LogP contribution in [0.4, 0.5) is 5.82 Å². The second-order valence-corrected chi connectivity index (χ2v) is 6.16. The molecular formula is C16H16N6O2S. The molecule has 1 saturated heterocycles. The summed E-state index contributed by atoms with van der Waals surface area (Å²) < 4.78 is 13.7. The van der Waals surface area contributed by atoms with Crippen LogP contribution in [0.25, 0.3) is 11.0 Å². The fraction of sp³-hybridized carbons (Fsp3) is 0.312. The van der Waals surface area contributed by atoms with Gasteiger partial charge in [-0.05, 0) is 17.7 Å². The molecule has 1 aromatic carbocycles. The number of aromatic nitrogens is 4. The highest BCUT2D eigenvalue weighted by Crippen LogP contribution is 2.15. The standard InChI is InChI=1S/C16H16N6O2S/c23-16(22-3-5-24-6-4-22)14-9-17-10-15(19-14)18-8-11-1-2-12-13(7-11)21-25-20-12/h1-2,7,9-10H,3-6,8H2,(H,18,19). The van der Waals surface area contributed by atoms with E-state index >= 15 is 0 Å². The van der Waals surface area contributed by atoms with Gasteiger partial charge in [-0.3, -0.25) is 9.78 Å². The molecule has 8 nitrogen and oxygen atoms in total. The third-order valence-electron chi connectivity index (χ3n) is 3.94. The zero-order valence-corrected chi connectivity index (χ0v) is 14.2. The van der Waals surface area contributed by atoms with Crippen LogP contribution in [-0.4, -0.2) is 55.8 Å². The Morgan fingerprint density at radius 1 is 1.20 bits per heavy atom. The van der Waals surface area contributed by atoms with Gasteiger partial charge in [0.1, 0.15) is 22.5 Å². The molecule has 9 heteroatoms. The van der Waals surface area contributed by atoms with Crippen LogP contribution in [0.2, 0.25) is 0 Å². The minimum atomic E-state index is -0.116. The number of amides is 1. The zero-order chi connectivity index (χ0) is 17.1. The van der Waals surface area contributed by atoms with Crippen LogP contribution < -0.4 is 5.32 Å². The van der Waals surface area contributed by atoms with Crippen LogP contribution in [0.5, 0.6) is 0 Å². The van der Waals surface area contributed by atoms with E-state index in [0.29, 0.717) is 44.4 Å². The van der Waals surface area contributed by atoms with Crippen LogP contribution in [0.3, 0.4) is 0 Å². The van der Waals surface area contributed by atoms with Gasteiger partial charge >= 0.3 is 0 Å². The van der Waals surface area contributed by atoms with Crippen molar-refractivity contribution in [2.75, 3.05) is 31.6 Å². The Morgan fingerprint density at radius 2 is 2.04 bits per heavy atom. The van der Waals surface area contributed by atoms with Gasteiger partial charge in [-0.2, -0.15) is 8.75 Å². The van der Waals surface area contributed by atoms with Crippen molar-refractivity contribution in [2.24, 2.45) is 0 Å². The van der Waals surface area contributed by atoms with Crippen LogP contribution in [0.1, 0.15) is 16.1 Å². The van der Waals surface area contributed by atoms with E-state index in [1.54, 1.807) is 11.1 Å². The molecule has 2 aromatic heterocycles. The first-order valence-electron chi connectivity index (χ1n) is 7.94. The molecule has 0 atom stereocenters. The molecule has 1 fully saturated rings. The fourth-order valence-corrected chi connectivity index (χ4v) is 3.13. The summed E-state index contributed by atoms with van der Waals surface area (Å²) in [6, 6.07) is 5.93. The number of rotatable bonds is 4. The highest BCUT2D eigenvalue weighted by Gasteiger charge is 2.20. The molecule has 128 valence electrons. The zero-order valence-electron chi connectivity index (χ0n) is 13.4. The molecular weight excluding hydrogens is 340 g/mol. The topological polar surface area (TPSA) is 93.1 Å². The maximum absolute atomic E-state index is 12.5. The minimum Gasteiger partial charge on any atom is -0.378 e. The molecule has 1 amide bonds. The third-order valence-corrected chi connectivity index (χ3v) is 4.50. The lowest BCUT2D eigenvalue weighted by atomic mass is 10.2. The number of carbonyl (C=O) groups excluding carboxylic acids is 1. The van der Waals surface area contributed by atoms with Crippen LogP contribution in [-0.2, 0) is 11.3 Å². The Bertz CT molecular complexity index is 893. The summed E-state index contributed by atoms with van der Waals surface area (Å²) in [7, 11) is 0. The average molecular weight is 356 g/mol. The van der Waals surface area contributed by atoms with Gasteiger partial charge < -0.3 is 15.0 Å². The fourth-order valence-electron chi connectivity index (χ4n) is 2.61. The number of nitrogens with one attached hydrogen (secondary N) is 1. The molecule has 0 aliphatic carbocycles. The van der Waals surface area contributed by atoms with E-state index in [4.69, 9.17) is 4.74 Å². The molecule has 1 aliphatic heterocycles. The molecule has 0 unspecified atom stereocenters. The van der Waals surface area contributed by atoms with Gasteiger partial charge in [0.2, 0.25) is 0 Å². The first-order valence-corrected chi connectivity index (χ1v) is 8.67. The Hall–Kier alpha value is -2.65. The predicted molar refractivity (Wildman–Crippen MR) is 93.5 cm³/mol. The number of nitrogens with zero attached hydrogens (tertiary/aromatic N) is 5. The lowest BCUT2D eigenvalue weighted by Crippen LogP contribution is -2.41. The van der Waals surface area contributed by atoms with E-state index < -0.39 is 0 Å². The Balaban J connectivity index is 1.44. The van der Waals surface area contributed by atoms with E-state index in [1.807, 2.05) is 18.2 Å². The van der Waals surface area contributed by atoms with Gasteiger partial charge in [-0.25, -0.2) is 4.98 Å². The number of fused-ring (bicyclic) bond motifs is 1. The van der Waals surface area contributed by atoms with E-state index in [0.717, 1.165) is 16.6 Å². The van der Waals surface area contributed by atoms with E-state index in [9.17, 15) is 4.79 Å². The van der Waals surface area contributed by atoms with E-state index in [1.165, 1.54) is 17.9 Å². The molecule has 1 N–H and O–H groups in total. The van der Waals surface area contributed by atoms with Crippen molar-refractivity contribution >= 4 is 34.5 Å². The van der Waals surface area contributed by atoms with Gasteiger partial charge in [-0.1, -0.05) is 6.07 Å². The predicted octanol–water partition coefficient (Wildman–Crippen LogP) is 1.57. The maximum Gasteiger partial charge on any atom is 0.274 e. The summed E-state index contributed by atoms with van der Waals surface area (Å²) in [5, 5.41) is 3.20. The van der Waals surface area contributed by atoms with Crippen LogP contribution >= 0.6 is 11.7 Å². The summed E-state index contributed by atoms with van der Waals surface area (Å²) >= 11 is 1.20. The second kappa shape index (κ2) is 7.08. The number of morpholine rings is 1. The summed E-state index contributed by atoms with van der Waals surface area (Å²) in [5.74, 6) is 0.449. The molecule has 25 heavy (non-hydrogen) atoms. The average Bonchev–Trinajstić information content (AvgIpc) is 3.14. The van der Waals surface area contributed by atoms with Gasteiger partial charge in [0.25, 0.3) is 5.91 Å². The van der Waals surface area contributed by atoms with Gasteiger partial charge in [0.05, 0.1) is 37.3 Å².